The van der Waals surface area contributed by atoms with Gasteiger partial charge in [-0.1, -0.05) is 29.8 Å². The van der Waals surface area contributed by atoms with Gasteiger partial charge in [-0.05, 0) is 37.5 Å². The number of carbonyl (C=O) groups excluding carboxylic acids is 1. The lowest BCUT2D eigenvalue weighted by Gasteiger charge is -2.20. The molecule has 21 heavy (non-hydrogen) atoms. The van der Waals surface area contributed by atoms with E-state index in [1.54, 1.807) is 6.26 Å². The van der Waals surface area contributed by atoms with Crippen LogP contribution >= 0.6 is 0 Å². The van der Waals surface area contributed by atoms with Crippen molar-refractivity contribution in [2.45, 2.75) is 32.1 Å². The summed E-state index contributed by atoms with van der Waals surface area (Å²) in [5.74, 6) is 1.11. The zero-order valence-electron chi connectivity index (χ0n) is 12.4. The molecular weight excluding hydrogens is 262 g/mol. The van der Waals surface area contributed by atoms with E-state index in [2.05, 4.69) is 31.2 Å². The van der Waals surface area contributed by atoms with Gasteiger partial charge in [-0.25, -0.2) is 0 Å². The smallest absolute Gasteiger partial charge is 0.223 e. The average Bonchev–Trinajstić information content (AvgIpc) is 3.19. The van der Waals surface area contributed by atoms with E-state index in [1.165, 1.54) is 5.56 Å². The van der Waals surface area contributed by atoms with Crippen molar-refractivity contribution in [3.63, 3.8) is 0 Å². The maximum absolute atomic E-state index is 12.5. The van der Waals surface area contributed by atoms with Crippen LogP contribution in [0.15, 0.2) is 47.1 Å². The number of nitrogens with zero attached hydrogens (tertiary/aromatic N) is 1. The molecule has 0 spiro atoms. The molecule has 1 aliphatic heterocycles. The molecule has 0 N–H and O–H groups in total. The Morgan fingerprint density at radius 2 is 1.90 bits per heavy atom. The van der Waals surface area contributed by atoms with Crippen molar-refractivity contribution in [1.29, 1.82) is 0 Å². The van der Waals surface area contributed by atoms with E-state index in [0.29, 0.717) is 6.42 Å². The molecule has 3 heteroatoms. The predicted octanol–water partition coefficient (Wildman–Crippen LogP) is 3.73. The van der Waals surface area contributed by atoms with Gasteiger partial charge in [0, 0.05) is 19.5 Å². The van der Waals surface area contributed by atoms with Gasteiger partial charge in [0.2, 0.25) is 5.91 Å². The second-order valence-electron chi connectivity index (χ2n) is 5.77. The summed E-state index contributed by atoms with van der Waals surface area (Å²) >= 11 is 0. The average molecular weight is 283 g/mol. The molecule has 1 fully saturated rings. The highest BCUT2D eigenvalue weighted by Gasteiger charge is 2.25. The van der Waals surface area contributed by atoms with Gasteiger partial charge in [0.25, 0.3) is 0 Å². The van der Waals surface area contributed by atoms with Crippen molar-refractivity contribution in [3.05, 3.63) is 59.5 Å². The van der Waals surface area contributed by atoms with Crippen LogP contribution in [0.25, 0.3) is 0 Å². The van der Waals surface area contributed by atoms with Crippen LogP contribution in [0, 0.1) is 6.92 Å². The van der Waals surface area contributed by atoms with E-state index >= 15 is 0 Å². The van der Waals surface area contributed by atoms with Crippen LogP contribution in [0.3, 0.4) is 0 Å². The van der Waals surface area contributed by atoms with E-state index in [9.17, 15) is 4.79 Å². The molecule has 3 nitrogen and oxygen atoms in total. The van der Waals surface area contributed by atoms with Gasteiger partial charge in [-0.2, -0.15) is 0 Å². The van der Waals surface area contributed by atoms with Gasteiger partial charge in [0.1, 0.15) is 5.76 Å². The van der Waals surface area contributed by atoms with Crippen molar-refractivity contribution in [3.8, 4) is 0 Å². The first kappa shape index (κ1) is 13.9. The Bertz CT molecular complexity index is 580. The highest BCUT2D eigenvalue weighted by molar-refractivity contribution is 5.77. The number of amides is 1. The van der Waals surface area contributed by atoms with Crippen molar-refractivity contribution >= 4 is 5.91 Å². The summed E-state index contributed by atoms with van der Waals surface area (Å²) in [5, 5.41) is 0. The van der Waals surface area contributed by atoms with E-state index in [4.69, 9.17) is 4.42 Å². The zero-order chi connectivity index (χ0) is 14.7. The molecule has 1 unspecified atom stereocenters. The molecule has 1 atom stereocenters. The second-order valence-corrected chi connectivity index (χ2v) is 5.77. The molecule has 1 amide bonds. The summed E-state index contributed by atoms with van der Waals surface area (Å²) in [5.41, 5.74) is 2.37. The Labute approximate surface area is 125 Å². The maximum Gasteiger partial charge on any atom is 0.223 e. The number of likely N-dealkylation sites (tertiary alicyclic amines) is 1. The number of hydrogen-bond acceptors (Lipinski definition) is 2. The minimum absolute atomic E-state index is 0.00806. The maximum atomic E-state index is 12.5. The fourth-order valence-corrected chi connectivity index (χ4v) is 2.94. The molecule has 2 heterocycles. The number of aryl methyl sites for hydroxylation is 1. The topological polar surface area (TPSA) is 33.5 Å². The van der Waals surface area contributed by atoms with Crippen LogP contribution in [0.4, 0.5) is 0 Å². The van der Waals surface area contributed by atoms with E-state index in [-0.39, 0.29) is 11.8 Å². The molecule has 110 valence electrons. The third-order valence-corrected chi connectivity index (χ3v) is 4.20. The van der Waals surface area contributed by atoms with Crippen molar-refractivity contribution in [1.82, 2.24) is 4.90 Å². The zero-order valence-corrected chi connectivity index (χ0v) is 12.4. The lowest BCUT2D eigenvalue weighted by molar-refractivity contribution is -0.130. The normalized spacial score (nSPS) is 16.1. The predicted molar refractivity (Wildman–Crippen MR) is 82.2 cm³/mol. The molecule has 1 aromatic carbocycles. The summed E-state index contributed by atoms with van der Waals surface area (Å²) in [6.07, 6.45) is 4.41. The monoisotopic (exact) mass is 283 g/mol. The lowest BCUT2D eigenvalue weighted by atomic mass is 9.92. The van der Waals surface area contributed by atoms with Gasteiger partial charge in [-0.15, -0.1) is 0 Å². The molecule has 0 saturated carbocycles. The summed E-state index contributed by atoms with van der Waals surface area (Å²) in [6.45, 7) is 3.87. The van der Waals surface area contributed by atoms with Gasteiger partial charge in [0.05, 0.1) is 12.2 Å². The molecule has 1 aromatic heterocycles. The van der Waals surface area contributed by atoms with Gasteiger partial charge in [-0.3, -0.25) is 4.79 Å². The largest absolute Gasteiger partial charge is 0.469 e. The third-order valence-electron chi connectivity index (χ3n) is 4.20. The SMILES string of the molecule is Cc1ccc(C(CC(=O)N2CCCC2)c2ccco2)cc1. The molecule has 2 aromatic rings. The lowest BCUT2D eigenvalue weighted by Crippen LogP contribution is -2.29. The molecule has 1 aliphatic rings. The summed E-state index contributed by atoms with van der Waals surface area (Å²) in [7, 11) is 0. The van der Waals surface area contributed by atoms with E-state index in [0.717, 1.165) is 37.3 Å². The number of carbonyl (C=O) groups is 1. The van der Waals surface area contributed by atoms with Crippen LogP contribution in [0.2, 0.25) is 0 Å². The van der Waals surface area contributed by atoms with Crippen molar-refractivity contribution in [2.75, 3.05) is 13.1 Å². The fourth-order valence-electron chi connectivity index (χ4n) is 2.94. The van der Waals surface area contributed by atoms with Crippen molar-refractivity contribution < 1.29 is 9.21 Å². The number of furan rings is 1. The first-order chi connectivity index (χ1) is 10.2. The number of benzene rings is 1. The first-order valence-electron chi connectivity index (χ1n) is 7.62. The third kappa shape index (κ3) is 3.18. The van der Waals surface area contributed by atoms with Crippen LogP contribution in [-0.4, -0.2) is 23.9 Å². The highest BCUT2D eigenvalue weighted by Crippen LogP contribution is 2.30. The van der Waals surface area contributed by atoms with Gasteiger partial charge >= 0.3 is 0 Å². The van der Waals surface area contributed by atoms with Crippen LogP contribution in [-0.2, 0) is 4.79 Å². The molecule has 0 bridgehead atoms. The van der Waals surface area contributed by atoms with Crippen LogP contribution < -0.4 is 0 Å². The summed E-state index contributed by atoms with van der Waals surface area (Å²) in [4.78, 5) is 14.5. The highest BCUT2D eigenvalue weighted by atomic mass is 16.3. The molecular formula is C18H21NO2. The molecule has 3 rings (SSSR count). The first-order valence-corrected chi connectivity index (χ1v) is 7.62. The molecule has 1 saturated heterocycles. The quantitative estimate of drug-likeness (QED) is 0.856. The summed E-state index contributed by atoms with van der Waals surface area (Å²) in [6, 6.07) is 12.2. The Morgan fingerprint density at radius 3 is 2.52 bits per heavy atom. The second kappa shape index (κ2) is 6.17. The minimum Gasteiger partial charge on any atom is -0.469 e. The van der Waals surface area contributed by atoms with Crippen LogP contribution in [0.5, 0.6) is 0 Å². The molecule has 0 radical (unpaired) electrons. The van der Waals surface area contributed by atoms with E-state index in [1.807, 2.05) is 17.0 Å². The fraction of sp³-hybridized carbons (Fsp3) is 0.389. The minimum atomic E-state index is 0.00806. The van der Waals surface area contributed by atoms with Crippen LogP contribution in [0.1, 0.15) is 42.1 Å². The number of rotatable bonds is 4. The molecule has 0 aliphatic carbocycles. The van der Waals surface area contributed by atoms with Crippen molar-refractivity contribution in [2.24, 2.45) is 0 Å². The Balaban J connectivity index is 1.82. The van der Waals surface area contributed by atoms with Gasteiger partial charge in [0.15, 0.2) is 0 Å². The summed E-state index contributed by atoms with van der Waals surface area (Å²) < 4.78 is 5.57. The Hall–Kier alpha value is -2.03. The standard InChI is InChI=1S/C18H21NO2/c1-14-6-8-15(9-7-14)16(17-5-4-12-21-17)13-18(20)19-10-2-3-11-19/h4-9,12,16H,2-3,10-11,13H2,1H3. The Morgan fingerprint density at radius 1 is 1.19 bits per heavy atom. The van der Waals surface area contributed by atoms with E-state index < -0.39 is 0 Å². The number of hydrogen-bond donors (Lipinski definition) is 0. The van der Waals surface area contributed by atoms with Gasteiger partial charge < -0.3 is 9.32 Å². The Kier molecular flexibility index (Phi) is 4.09.